The molecule has 0 aromatic carbocycles. The molecule has 0 aliphatic heterocycles. The fourth-order valence-electron chi connectivity index (χ4n) is 1.57. The lowest BCUT2D eigenvalue weighted by Crippen LogP contribution is -2.33. The molecule has 0 aliphatic rings. The van der Waals surface area contributed by atoms with Crippen LogP contribution in [-0.4, -0.2) is 30.1 Å². The van der Waals surface area contributed by atoms with Crippen LogP contribution in [0.15, 0.2) is 12.1 Å². The van der Waals surface area contributed by atoms with E-state index in [0.717, 1.165) is 18.0 Å². The predicted octanol–water partition coefficient (Wildman–Crippen LogP) is 2.90. The quantitative estimate of drug-likeness (QED) is 0.826. The highest BCUT2D eigenvalue weighted by molar-refractivity contribution is 7.98. The number of hydrogen-bond acceptors (Lipinski definition) is 4. The van der Waals surface area contributed by atoms with Crippen LogP contribution in [0, 0.1) is 0 Å². The molecule has 0 bridgehead atoms. The van der Waals surface area contributed by atoms with Crippen molar-refractivity contribution in [2.24, 2.45) is 0 Å². The molecule has 0 spiro atoms. The molecule has 1 aromatic rings. The molecule has 1 aromatic heterocycles. The fourth-order valence-corrected chi connectivity index (χ4v) is 2.62. The van der Waals surface area contributed by atoms with Gasteiger partial charge in [-0.25, -0.2) is 4.98 Å². The standard InChI is InChI=1S/C11H18ClN3S/c1-4-9(7-16-3)15(2)11-6-8(13)5-10(12)14-11/h5-6,9H,4,7H2,1-3H3,(H2,13,14). The maximum Gasteiger partial charge on any atom is 0.133 e. The lowest BCUT2D eigenvalue weighted by atomic mass is 10.2. The van der Waals surface area contributed by atoms with Crippen LogP contribution < -0.4 is 10.6 Å². The predicted molar refractivity (Wildman–Crippen MR) is 74.5 cm³/mol. The average Bonchev–Trinajstić information content (AvgIpc) is 2.23. The summed E-state index contributed by atoms with van der Waals surface area (Å²) in [6, 6.07) is 3.98. The van der Waals surface area contributed by atoms with Gasteiger partial charge in [-0.2, -0.15) is 11.8 Å². The Morgan fingerprint density at radius 1 is 1.56 bits per heavy atom. The van der Waals surface area contributed by atoms with Gasteiger partial charge in [0.15, 0.2) is 0 Å². The molecular formula is C11H18ClN3S. The number of rotatable bonds is 5. The molecule has 1 unspecified atom stereocenters. The first-order valence-electron chi connectivity index (χ1n) is 5.23. The van der Waals surface area contributed by atoms with E-state index < -0.39 is 0 Å². The number of aromatic nitrogens is 1. The molecule has 0 fully saturated rings. The number of nitrogens with two attached hydrogens (primary N) is 1. The summed E-state index contributed by atoms with van der Waals surface area (Å²) >= 11 is 7.73. The van der Waals surface area contributed by atoms with Crippen molar-refractivity contribution in [1.82, 2.24) is 4.98 Å². The molecule has 0 amide bonds. The lowest BCUT2D eigenvalue weighted by molar-refractivity contribution is 0.666. The minimum absolute atomic E-state index is 0.445. The van der Waals surface area contributed by atoms with Crippen molar-refractivity contribution in [3.63, 3.8) is 0 Å². The summed E-state index contributed by atoms with van der Waals surface area (Å²) < 4.78 is 0. The molecule has 0 radical (unpaired) electrons. The number of anilines is 2. The van der Waals surface area contributed by atoms with Crippen LogP contribution in [0.2, 0.25) is 5.15 Å². The molecular weight excluding hydrogens is 242 g/mol. The molecule has 1 atom stereocenters. The highest BCUT2D eigenvalue weighted by Crippen LogP contribution is 2.22. The van der Waals surface area contributed by atoms with Crippen molar-refractivity contribution >= 4 is 34.9 Å². The second-order valence-corrected chi connectivity index (χ2v) is 5.01. The third-order valence-electron chi connectivity index (χ3n) is 2.54. The maximum atomic E-state index is 5.90. The van der Waals surface area contributed by atoms with Gasteiger partial charge in [-0.1, -0.05) is 18.5 Å². The summed E-state index contributed by atoms with van der Waals surface area (Å²) in [7, 11) is 2.03. The zero-order chi connectivity index (χ0) is 12.1. The van der Waals surface area contributed by atoms with Crippen molar-refractivity contribution in [3.8, 4) is 0 Å². The SMILES string of the molecule is CCC(CSC)N(C)c1cc(N)cc(Cl)n1. The Kier molecular flexibility index (Phi) is 5.22. The first-order valence-corrected chi connectivity index (χ1v) is 7.00. The first-order chi connectivity index (χ1) is 7.58. The number of nitrogen functional groups attached to an aromatic ring is 1. The van der Waals surface area contributed by atoms with Gasteiger partial charge in [0, 0.05) is 30.6 Å². The molecule has 0 saturated carbocycles. The highest BCUT2D eigenvalue weighted by Gasteiger charge is 2.14. The largest absolute Gasteiger partial charge is 0.399 e. The van der Waals surface area contributed by atoms with Crippen LogP contribution in [0.25, 0.3) is 0 Å². The second-order valence-electron chi connectivity index (χ2n) is 3.71. The third-order valence-corrected chi connectivity index (χ3v) is 3.45. The van der Waals surface area contributed by atoms with Crippen LogP contribution in [0.1, 0.15) is 13.3 Å². The van der Waals surface area contributed by atoms with Gasteiger partial charge < -0.3 is 10.6 Å². The van der Waals surface area contributed by atoms with Gasteiger partial charge in [0.2, 0.25) is 0 Å². The van der Waals surface area contributed by atoms with Crippen LogP contribution in [0.5, 0.6) is 0 Å². The number of nitrogens with zero attached hydrogens (tertiary/aromatic N) is 2. The molecule has 5 heteroatoms. The number of pyridine rings is 1. The van der Waals surface area contributed by atoms with Gasteiger partial charge in [0.05, 0.1) is 0 Å². The number of hydrogen-bond donors (Lipinski definition) is 1. The monoisotopic (exact) mass is 259 g/mol. The highest BCUT2D eigenvalue weighted by atomic mass is 35.5. The zero-order valence-electron chi connectivity index (χ0n) is 9.90. The first kappa shape index (κ1) is 13.5. The molecule has 90 valence electrons. The lowest BCUT2D eigenvalue weighted by Gasteiger charge is -2.28. The minimum atomic E-state index is 0.445. The summed E-state index contributed by atoms with van der Waals surface area (Å²) in [6.07, 6.45) is 3.18. The summed E-state index contributed by atoms with van der Waals surface area (Å²) in [4.78, 5) is 6.42. The van der Waals surface area contributed by atoms with Gasteiger partial charge in [-0.15, -0.1) is 0 Å². The number of thioether (sulfide) groups is 1. The van der Waals surface area contributed by atoms with Gasteiger partial charge in [0.1, 0.15) is 11.0 Å². The summed E-state index contributed by atoms with van der Waals surface area (Å²) in [5.41, 5.74) is 6.41. The molecule has 2 N–H and O–H groups in total. The topological polar surface area (TPSA) is 42.1 Å². The van der Waals surface area contributed by atoms with E-state index in [0.29, 0.717) is 16.9 Å². The molecule has 16 heavy (non-hydrogen) atoms. The zero-order valence-corrected chi connectivity index (χ0v) is 11.5. The van der Waals surface area contributed by atoms with Crippen LogP contribution in [0.3, 0.4) is 0 Å². The average molecular weight is 260 g/mol. The summed E-state index contributed by atoms with van der Waals surface area (Å²) in [5, 5.41) is 0.445. The van der Waals surface area contributed by atoms with Crippen LogP contribution in [-0.2, 0) is 0 Å². The van der Waals surface area contributed by atoms with Crippen molar-refractivity contribution < 1.29 is 0 Å². The fraction of sp³-hybridized carbons (Fsp3) is 0.545. The van der Waals surface area contributed by atoms with Crippen molar-refractivity contribution in [1.29, 1.82) is 0 Å². The summed E-state index contributed by atoms with van der Waals surface area (Å²) in [6.45, 7) is 2.17. The van der Waals surface area contributed by atoms with E-state index in [1.54, 1.807) is 6.07 Å². The van der Waals surface area contributed by atoms with Crippen molar-refractivity contribution in [2.75, 3.05) is 29.7 Å². The van der Waals surface area contributed by atoms with Crippen LogP contribution >= 0.6 is 23.4 Å². The van der Waals surface area contributed by atoms with E-state index in [1.807, 2.05) is 24.9 Å². The minimum Gasteiger partial charge on any atom is -0.399 e. The van der Waals surface area contributed by atoms with Gasteiger partial charge in [-0.05, 0) is 18.7 Å². The molecule has 1 heterocycles. The molecule has 0 aliphatic carbocycles. The Bertz CT molecular complexity index is 326. The third kappa shape index (κ3) is 3.46. The van der Waals surface area contributed by atoms with Crippen LogP contribution in [0.4, 0.5) is 11.5 Å². The van der Waals surface area contributed by atoms with Gasteiger partial charge >= 0.3 is 0 Å². The Labute approximate surface area is 106 Å². The van der Waals surface area contributed by atoms with E-state index in [1.165, 1.54) is 0 Å². The Morgan fingerprint density at radius 2 is 2.25 bits per heavy atom. The van der Waals surface area contributed by atoms with Crippen molar-refractivity contribution in [2.45, 2.75) is 19.4 Å². The van der Waals surface area contributed by atoms with Gasteiger partial charge in [-0.3, -0.25) is 0 Å². The summed E-state index contributed by atoms with van der Waals surface area (Å²) in [5.74, 6) is 1.91. The van der Waals surface area contributed by atoms with E-state index in [-0.39, 0.29) is 0 Å². The van der Waals surface area contributed by atoms with E-state index in [4.69, 9.17) is 17.3 Å². The second kappa shape index (κ2) is 6.21. The van der Waals surface area contributed by atoms with E-state index >= 15 is 0 Å². The molecule has 1 rings (SSSR count). The smallest absolute Gasteiger partial charge is 0.133 e. The Morgan fingerprint density at radius 3 is 2.75 bits per heavy atom. The van der Waals surface area contributed by atoms with E-state index in [9.17, 15) is 0 Å². The molecule has 3 nitrogen and oxygen atoms in total. The Hall–Kier alpha value is -0.610. The maximum absolute atomic E-state index is 5.90. The normalized spacial score (nSPS) is 12.5. The number of halogens is 1. The Balaban J connectivity index is 2.89. The van der Waals surface area contributed by atoms with Crippen molar-refractivity contribution in [3.05, 3.63) is 17.3 Å². The molecule has 0 saturated heterocycles. The van der Waals surface area contributed by atoms with E-state index in [2.05, 4.69) is 23.1 Å². The van der Waals surface area contributed by atoms with Gasteiger partial charge in [0.25, 0.3) is 0 Å².